The van der Waals surface area contributed by atoms with E-state index in [4.69, 9.17) is 10.3 Å². The Morgan fingerprint density at radius 3 is 2.43 bits per heavy atom. The highest BCUT2D eigenvalue weighted by atomic mass is 19.4. The van der Waals surface area contributed by atoms with Crippen LogP contribution in [0.5, 0.6) is 5.75 Å². The first-order valence-corrected chi connectivity index (χ1v) is 7.29. The van der Waals surface area contributed by atoms with Gasteiger partial charge >= 0.3 is 6.18 Å². The number of ether oxygens (including phenoxy) is 1. The third kappa shape index (κ3) is 3.64. The van der Waals surface area contributed by atoms with E-state index >= 15 is 0 Å². The maximum atomic E-state index is 12.1. The Bertz CT molecular complexity index is 661. The Hall–Kier alpha value is -2.09. The van der Waals surface area contributed by atoms with Crippen molar-refractivity contribution in [1.29, 1.82) is 0 Å². The quantitative estimate of drug-likeness (QED) is 0.931. The summed E-state index contributed by atoms with van der Waals surface area (Å²) in [5.74, 6) is 0.887. The van der Waals surface area contributed by atoms with Gasteiger partial charge in [0.2, 0.25) is 0 Å². The van der Waals surface area contributed by atoms with Crippen molar-refractivity contribution in [2.75, 3.05) is 6.61 Å². The lowest BCUT2D eigenvalue weighted by molar-refractivity contribution is -0.153. The Balaban J connectivity index is 1.71. The Labute approximate surface area is 130 Å². The molecular weight excluding hydrogens is 311 g/mol. The molecule has 5 nitrogen and oxygen atoms in total. The number of rotatable bonds is 4. The molecule has 1 aromatic carbocycles. The van der Waals surface area contributed by atoms with E-state index in [-0.39, 0.29) is 5.75 Å². The molecule has 23 heavy (non-hydrogen) atoms. The van der Waals surface area contributed by atoms with Crippen LogP contribution in [-0.4, -0.2) is 22.9 Å². The van der Waals surface area contributed by atoms with Crippen molar-refractivity contribution in [3.05, 3.63) is 30.1 Å². The fraction of sp³-hybridized carbons (Fsp3) is 0.467. The van der Waals surface area contributed by atoms with Gasteiger partial charge < -0.3 is 15.0 Å². The van der Waals surface area contributed by atoms with E-state index in [0.29, 0.717) is 17.3 Å². The third-order valence-electron chi connectivity index (χ3n) is 3.87. The molecule has 1 aliphatic rings. The van der Waals surface area contributed by atoms with Crippen LogP contribution in [0.1, 0.15) is 31.5 Å². The van der Waals surface area contributed by atoms with Crippen LogP contribution in [0.3, 0.4) is 0 Å². The lowest BCUT2D eigenvalue weighted by Gasteiger charge is -2.17. The normalized spacial score (nSPS) is 17.4. The number of hydrogen-bond acceptors (Lipinski definition) is 5. The number of aromatic nitrogens is 2. The fourth-order valence-electron chi connectivity index (χ4n) is 2.63. The summed E-state index contributed by atoms with van der Waals surface area (Å²) >= 11 is 0. The summed E-state index contributed by atoms with van der Waals surface area (Å²) in [4.78, 5) is 4.33. The molecule has 0 bridgehead atoms. The molecule has 1 aliphatic carbocycles. The highest BCUT2D eigenvalue weighted by Crippen LogP contribution is 2.35. The van der Waals surface area contributed by atoms with Crippen molar-refractivity contribution >= 4 is 0 Å². The number of hydrogen-bond donors (Lipinski definition) is 1. The summed E-state index contributed by atoms with van der Waals surface area (Å²) < 4.78 is 46.2. The molecule has 1 heterocycles. The minimum Gasteiger partial charge on any atom is -0.484 e. The van der Waals surface area contributed by atoms with Crippen LogP contribution in [0, 0.1) is 0 Å². The Morgan fingerprint density at radius 2 is 1.83 bits per heavy atom. The van der Waals surface area contributed by atoms with Gasteiger partial charge in [0.05, 0.1) is 5.54 Å². The average Bonchev–Trinajstić information content (AvgIpc) is 3.15. The monoisotopic (exact) mass is 327 g/mol. The number of halogens is 3. The summed E-state index contributed by atoms with van der Waals surface area (Å²) in [7, 11) is 0. The molecule has 1 fully saturated rings. The Kier molecular flexibility index (Phi) is 4.01. The molecule has 1 aromatic heterocycles. The molecule has 0 spiro atoms. The highest BCUT2D eigenvalue weighted by molar-refractivity contribution is 5.54. The van der Waals surface area contributed by atoms with Gasteiger partial charge in [0, 0.05) is 5.56 Å². The zero-order valence-corrected chi connectivity index (χ0v) is 12.3. The van der Waals surface area contributed by atoms with Gasteiger partial charge in [-0.25, -0.2) is 0 Å². The maximum Gasteiger partial charge on any atom is 0.422 e. The smallest absolute Gasteiger partial charge is 0.422 e. The van der Waals surface area contributed by atoms with Gasteiger partial charge in [-0.15, -0.1) is 0 Å². The van der Waals surface area contributed by atoms with Gasteiger partial charge in [-0.05, 0) is 37.1 Å². The topological polar surface area (TPSA) is 74.2 Å². The third-order valence-corrected chi connectivity index (χ3v) is 3.87. The molecule has 8 heteroatoms. The molecule has 2 N–H and O–H groups in total. The molecular formula is C15H16F3N3O2. The number of benzene rings is 1. The fourth-order valence-corrected chi connectivity index (χ4v) is 2.63. The molecule has 0 saturated heterocycles. The zero-order valence-electron chi connectivity index (χ0n) is 12.3. The predicted molar refractivity (Wildman–Crippen MR) is 75.6 cm³/mol. The van der Waals surface area contributed by atoms with Crippen molar-refractivity contribution in [2.24, 2.45) is 5.73 Å². The average molecular weight is 327 g/mol. The second-order valence-corrected chi connectivity index (χ2v) is 5.71. The van der Waals surface area contributed by atoms with Gasteiger partial charge in [0.25, 0.3) is 5.89 Å². The van der Waals surface area contributed by atoms with Crippen LogP contribution in [0.2, 0.25) is 0 Å². The van der Waals surface area contributed by atoms with Crippen molar-refractivity contribution in [3.8, 4) is 17.2 Å². The van der Waals surface area contributed by atoms with Crippen molar-refractivity contribution in [2.45, 2.75) is 37.4 Å². The summed E-state index contributed by atoms with van der Waals surface area (Å²) in [6.45, 7) is -1.33. The van der Waals surface area contributed by atoms with E-state index in [1.165, 1.54) is 12.1 Å². The van der Waals surface area contributed by atoms with Gasteiger partial charge in [0.15, 0.2) is 12.4 Å². The van der Waals surface area contributed by atoms with E-state index in [0.717, 1.165) is 25.7 Å². The number of nitrogens with two attached hydrogens (primary N) is 1. The lowest BCUT2D eigenvalue weighted by atomic mass is 9.99. The van der Waals surface area contributed by atoms with Crippen LogP contribution in [0.25, 0.3) is 11.5 Å². The summed E-state index contributed by atoms with van der Waals surface area (Å²) in [6, 6.07) is 6.00. The van der Waals surface area contributed by atoms with E-state index in [1.807, 2.05) is 0 Å². The van der Waals surface area contributed by atoms with Crippen LogP contribution < -0.4 is 10.5 Å². The standard InChI is InChI=1S/C15H16F3N3O2/c16-15(17,18)9-22-11-5-3-10(4-6-11)12-20-13(21-23-12)14(19)7-1-2-8-14/h3-6H,1-2,7-9,19H2. The largest absolute Gasteiger partial charge is 0.484 e. The van der Waals surface area contributed by atoms with Crippen molar-refractivity contribution < 1.29 is 22.4 Å². The van der Waals surface area contributed by atoms with E-state index in [1.54, 1.807) is 12.1 Å². The molecule has 124 valence electrons. The van der Waals surface area contributed by atoms with Gasteiger partial charge in [-0.2, -0.15) is 18.2 Å². The van der Waals surface area contributed by atoms with E-state index in [2.05, 4.69) is 14.9 Å². The molecule has 0 atom stereocenters. The molecule has 0 unspecified atom stereocenters. The van der Waals surface area contributed by atoms with Crippen LogP contribution in [0.4, 0.5) is 13.2 Å². The minimum absolute atomic E-state index is 0.122. The van der Waals surface area contributed by atoms with Crippen molar-refractivity contribution in [1.82, 2.24) is 10.1 Å². The lowest BCUT2D eigenvalue weighted by Crippen LogP contribution is -2.34. The second kappa shape index (κ2) is 5.84. The van der Waals surface area contributed by atoms with Gasteiger partial charge in [-0.1, -0.05) is 18.0 Å². The molecule has 1 saturated carbocycles. The van der Waals surface area contributed by atoms with Crippen LogP contribution >= 0.6 is 0 Å². The molecule has 0 amide bonds. The van der Waals surface area contributed by atoms with Gasteiger partial charge in [-0.3, -0.25) is 0 Å². The zero-order chi connectivity index (χ0) is 16.5. The number of nitrogens with zero attached hydrogens (tertiary/aromatic N) is 2. The molecule has 0 radical (unpaired) electrons. The second-order valence-electron chi connectivity index (χ2n) is 5.71. The first-order valence-electron chi connectivity index (χ1n) is 7.29. The first-order chi connectivity index (χ1) is 10.9. The highest BCUT2D eigenvalue weighted by Gasteiger charge is 2.36. The first kappa shape index (κ1) is 15.8. The SMILES string of the molecule is NC1(c2noc(-c3ccc(OCC(F)(F)F)cc3)n2)CCCC1. The maximum absolute atomic E-state index is 12.1. The molecule has 0 aliphatic heterocycles. The summed E-state index contributed by atoms with van der Waals surface area (Å²) in [5.41, 5.74) is 6.32. The summed E-state index contributed by atoms with van der Waals surface area (Å²) in [6.07, 6.45) is -0.666. The minimum atomic E-state index is -4.36. The van der Waals surface area contributed by atoms with Crippen LogP contribution in [-0.2, 0) is 5.54 Å². The van der Waals surface area contributed by atoms with Crippen molar-refractivity contribution in [3.63, 3.8) is 0 Å². The van der Waals surface area contributed by atoms with E-state index in [9.17, 15) is 13.2 Å². The van der Waals surface area contributed by atoms with E-state index < -0.39 is 18.3 Å². The van der Waals surface area contributed by atoms with Crippen LogP contribution in [0.15, 0.2) is 28.8 Å². The number of alkyl halides is 3. The predicted octanol–water partition coefficient (Wildman–Crippen LogP) is 3.41. The van der Waals surface area contributed by atoms with Gasteiger partial charge in [0.1, 0.15) is 5.75 Å². The molecule has 3 rings (SSSR count). The summed E-state index contributed by atoms with van der Waals surface area (Å²) in [5, 5.41) is 3.95. The Morgan fingerprint density at radius 1 is 1.17 bits per heavy atom. The molecule has 2 aromatic rings.